The first-order valence-corrected chi connectivity index (χ1v) is 7.51. The number of carbonyl (C=O) groups excluding carboxylic acids is 2. The molecular weight excluding hydrogens is 278 g/mol. The van der Waals surface area contributed by atoms with Crippen molar-refractivity contribution in [2.75, 3.05) is 7.11 Å². The summed E-state index contributed by atoms with van der Waals surface area (Å²) in [6.07, 6.45) is 1.89. The molecule has 4 heteroatoms. The van der Waals surface area contributed by atoms with Gasteiger partial charge in [0.05, 0.1) is 7.11 Å². The second kappa shape index (κ2) is 5.79. The summed E-state index contributed by atoms with van der Waals surface area (Å²) in [5.74, 6) is -0.479. The van der Waals surface area contributed by atoms with Crippen molar-refractivity contribution in [1.29, 1.82) is 0 Å². The number of fused-ring (bicyclic) bond motifs is 1. The van der Waals surface area contributed by atoms with Crippen LogP contribution < -0.4 is 0 Å². The van der Waals surface area contributed by atoms with Crippen molar-refractivity contribution in [2.45, 2.75) is 31.8 Å². The van der Waals surface area contributed by atoms with Crippen molar-refractivity contribution < 1.29 is 14.3 Å². The molecule has 0 N–H and O–H groups in total. The topological polar surface area (TPSA) is 46.6 Å². The smallest absolute Gasteiger partial charge is 0.328 e. The lowest BCUT2D eigenvalue weighted by atomic mass is 10.1. The molecule has 1 aliphatic rings. The summed E-state index contributed by atoms with van der Waals surface area (Å²) < 4.78 is 4.79. The molecule has 0 spiro atoms. The van der Waals surface area contributed by atoms with Gasteiger partial charge in [-0.25, -0.2) is 4.79 Å². The highest BCUT2D eigenvalue weighted by atomic mass is 16.5. The number of hydrogen-bond donors (Lipinski definition) is 0. The summed E-state index contributed by atoms with van der Waals surface area (Å²) in [7, 11) is 1.35. The summed E-state index contributed by atoms with van der Waals surface area (Å²) in [4.78, 5) is 26.3. The van der Waals surface area contributed by atoms with E-state index in [4.69, 9.17) is 4.74 Å². The van der Waals surface area contributed by atoms with Crippen LogP contribution in [0.4, 0.5) is 0 Å². The van der Waals surface area contributed by atoms with Crippen LogP contribution in [0.3, 0.4) is 0 Å². The van der Waals surface area contributed by atoms with Crippen LogP contribution in [0.2, 0.25) is 0 Å². The molecule has 1 unspecified atom stereocenters. The second-order valence-electron chi connectivity index (χ2n) is 5.70. The van der Waals surface area contributed by atoms with Gasteiger partial charge in [0.2, 0.25) is 0 Å². The van der Waals surface area contributed by atoms with Crippen molar-refractivity contribution in [1.82, 2.24) is 4.90 Å². The molecule has 1 amide bonds. The van der Waals surface area contributed by atoms with Gasteiger partial charge >= 0.3 is 5.97 Å². The Hall–Kier alpha value is -2.36. The third kappa shape index (κ3) is 2.69. The second-order valence-corrected chi connectivity index (χ2v) is 5.70. The highest BCUT2D eigenvalue weighted by molar-refractivity contribution is 6.00. The standard InChI is InChI=1S/C18H19NO3/c1-12(18(21)22-2)19(16-9-10-16)17(20)15-8-7-13-5-3-4-6-14(13)11-15/h3-8,11-12,16H,9-10H2,1-2H3. The maximum absolute atomic E-state index is 12.8. The molecule has 0 radical (unpaired) electrons. The van der Waals surface area contributed by atoms with Crippen LogP contribution in [-0.2, 0) is 9.53 Å². The minimum Gasteiger partial charge on any atom is -0.467 e. The average molecular weight is 297 g/mol. The molecule has 2 aromatic rings. The van der Waals surface area contributed by atoms with Gasteiger partial charge in [-0.2, -0.15) is 0 Å². The normalized spacial score (nSPS) is 15.4. The van der Waals surface area contributed by atoms with Gasteiger partial charge in [-0.05, 0) is 42.7 Å². The fourth-order valence-electron chi connectivity index (χ4n) is 2.77. The molecular formula is C18H19NO3. The Balaban J connectivity index is 1.93. The first kappa shape index (κ1) is 14.6. The van der Waals surface area contributed by atoms with Crippen molar-refractivity contribution in [2.24, 2.45) is 0 Å². The molecule has 1 fully saturated rings. The van der Waals surface area contributed by atoms with E-state index in [2.05, 4.69) is 0 Å². The monoisotopic (exact) mass is 297 g/mol. The lowest BCUT2D eigenvalue weighted by Crippen LogP contribution is -2.45. The molecule has 1 aliphatic carbocycles. The Labute approximate surface area is 129 Å². The van der Waals surface area contributed by atoms with E-state index >= 15 is 0 Å². The number of ether oxygens (including phenoxy) is 1. The number of methoxy groups -OCH3 is 1. The number of hydrogen-bond acceptors (Lipinski definition) is 3. The summed E-state index contributed by atoms with van der Waals surface area (Å²) in [5, 5.41) is 2.12. The van der Waals surface area contributed by atoms with Crippen LogP contribution >= 0.6 is 0 Å². The molecule has 1 atom stereocenters. The number of amides is 1. The molecule has 4 nitrogen and oxygen atoms in total. The van der Waals surface area contributed by atoms with Crippen LogP contribution in [0.25, 0.3) is 10.8 Å². The third-order valence-corrected chi connectivity index (χ3v) is 4.13. The van der Waals surface area contributed by atoms with Gasteiger partial charge in [0, 0.05) is 11.6 Å². The van der Waals surface area contributed by atoms with E-state index in [0.717, 1.165) is 23.6 Å². The average Bonchev–Trinajstić information content (AvgIpc) is 3.38. The molecule has 0 heterocycles. The maximum atomic E-state index is 12.8. The van der Waals surface area contributed by atoms with Crippen LogP contribution in [0.15, 0.2) is 42.5 Å². The SMILES string of the molecule is COC(=O)C(C)N(C(=O)c1ccc2ccccc2c1)C1CC1. The molecule has 0 aromatic heterocycles. The van der Waals surface area contributed by atoms with E-state index in [-0.39, 0.29) is 17.9 Å². The van der Waals surface area contributed by atoms with Crippen molar-refractivity contribution >= 4 is 22.6 Å². The van der Waals surface area contributed by atoms with Crippen LogP contribution in [-0.4, -0.2) is 36.0 Å². The predicted molar refractivity (Wildman–Crippen MR) is 84.6 cm³/mol. The third-order valence-electron chi connectivity index (χ3n) is 4.13. The zero-order valence-corrected chi connectivity index (χ0v) is 12.8. The Morgan fingerprint density at radius 3 is 2.45 bits per heavy atom. The molecule has 2 aromatic carbocycles. The van der Waals surface area contributed by atoms with E-state index in [1.54, 1.807) is 11.8 Å². The van der Waals surface area contributed by atoms with Crippen LogP contribution in [0.1, 0.15) is 30.1 Å². The van der Waals surface area contributed by atoms with Gasteiger partial charge in [0.1, 0.15) is 6.04 Å². The van der Waals surface area contributed by atoms with Gasteiger partial charge in [0.15, 0.2) is 0 Å². The van der Waals surface area contributed by atoms with Crippen molar-refractivity contribution in [3.8, 4) is 0 Å². The predicted octanol–water partition coefficient (Wildman–Crippen LogP) is 3.01. The molecule has 0 bridgehead atoms. The van der Waals surface area contributed by atoms with E-state index in [1.165, 1.54) is 7.11 Å². The van der Waals surface area contributed by atoms with Gasteiger partial charge < -0.3 is 9.64 Å². The van der Waals surface area contributed by atoms with Gasteiger partial charge in [-0.1, -0.05) is 30.3 Å². The van der Waals surface area contributed by atoms with Crippen LogP contribution in [0, 0.1) is 0 Å². The quantitative estimate of drug-likeness (QED) is 0.815. The number of nitrogens with zero attached hydrogens (tertiary/aromatic N) is 1. The molecule has 114 valence electrons. The number of benzene rings is 2. The first-order valence-electron chi connectivity index (χ1n) is 7.51. The lowest BCUT2D eigenvalue weighted by Gasteiger charge is -2.27. The molecule has 1 saturated carbocycles. The summed E-state index contributed by atoms with van der Waals surface area (Å²) in [5.41, 5.74) is 0.612. The van der Waals surface area contributed by atoms with Crippen molar-refractivity contribution in [3.05, 3.63) is 48.0 Å². The number of carbonyl (C=O) groups is 2. The van der Waals surface area contributed by atoms with E-state index in [1.807, 2.05) is 42.5 Å². The number of esters is 1. The Kier molecular flexibility index (Phi) is 3.84. The highest BCUT2D eigenvalue weighted by Crippen LogP contribution is 2.31. The zero-order chi connectivity index (χ0) is 15.7. The number of rotatable bonds is 4. The van der Waals surface area contributed by atoms with Crippen molar-refractivity contribution in [3.63, 3.8) is 0 Å². The minimum atomic E-state index is -0.559. The molecule has 0 saturated heterocycles. The lowest BCUT2D eigenvalue weighted by molar-refractivity contribution is -0.145. The summed E-state index contributed by atoms with van der Waals surface area (Å²) >= 11 is 0. The Morgan fingerprint density at radius 2 is 1.82 bits per heavy atom. The summed E-state index contributed by atoms with van der Waals surface area (Å²) in [6.45, 7) is 1.73. The van der Waals surface area contributed by atoms with Gasteiger partial charge in [0.25, 0.3) is 5.91 Å². The van der Waals surface area contributed by atoms with E-state index in [0.29, 0.717) is 5.56 Å². The fraction of sp³-hybridized carbons (Fsp3) is 0.333. The first-order chi connectivity index (χ1) is 10.6. The van der Waals surface area contributed by atoms with Gasteiger partial charge in [-0.3, -0.25) is 4.79 Å². The molecule has 0 aliphatic heterocycles. The maximum Gasteiger partial charge on any atom is 0.328 e. The highest BCUT2D eigenvalue weighted by Gasteiger charge is 2.39. The zero-order valence-electron chi connectivity index (χ0n) is 12.8. The van der Waals surface area contributed by atoms with Crippen LogP contribution in [0.5, 0.6) is 0 Å². The van der Waals surface area contributed by atoms with E-state index in [9.17, 15) is 9.59 Å². The minimum absolute atomic E-state index is 0.105. The Morgan fingerprint density at radius 1 is 1.14 bits per heavy atom. The van der Waals surface area contributed by atoms with E-state index < -0.39 is 6.04 Å². The molecule has 22 heavy (non-hydrogen) atoms. The van der Waals surface area contributed by atoms with Gasteiger partial charge in [-0.15, -0.1) is 0 Å². The Bertz CT molecular complexity index is 721. The fourth-order valence-corrected chi connectivity index (χ4v) is 2.77. The molecule has 3 rings (SSSR count). The summed E-state index contributed by atoms with van der Waals surface area (Å²) in [6, 6.07) is 13.2. The largest absolute Gasteiger partial charge is 0.467 e.